The summed E-state index contributed by atoms with van der Waals surface area (Å²) in [5.41, 5.74) is 3.00. The Morgan fingerprint density at radius 2 is 1.96 bits per heavy atom. The molecule has 2 aromatic rings. The normalized spacial score (nSPS) is 14.9. The molecule has 5 heteroatoms. The molecule has 0 radical (unpaired) electrons. The lowest BCUT2D eigenvalue weighted by Crippen LogP contribution is -2.42. The van der Waals surface area contributed by atoms with E-state index in [-0.39, 0.29) is 5.54 Å². The summed E-state index contributed by atoms with van der Waals surface area (Å²) in [5.74, 6) is 0.664. The average molecular weight is 326 g/mol. The third-order valence-electron chi connectivity index (χ3n) is 4.74. The highest BCUT2D eigenvalue weighted by molar-refractivity contribution is 5.66. The Hall–Kier alpha value is -2.56. The zero-order valence-corrected chi connectivity index (χ0v) is 14.0. The van der Waals surface area contributed by atoms with Gasteiger partial charge < -0.3 is 14.7 Å². The molecule has 1 N–H and O–H groups in total. The van der Waals surface area contributed by atoms with E-state index >= 15 is 0 Å². The molecule has 0 aliphatic heterocycles. The van der Waals surface area contributed by atoms with Gasteiger partial charge in [-0.15, -0.1) is 0 Å². The number of rotatable bonds is 6. The maximum atomic E-state index is 11.1. The summed E-state index contributed by atoms with van der Waals surface area (Å²) < 4.78 is 5.84. The van der Waals surface area contributed by atoms with Crippen LogP contribution in [0.3, 0.4) is 0 Å². The lowest BCUT2D eigenvalue weighted by molar-refractivity contribution is 0.109. The van der Waals surface area contributed by atoms with Crippen molar-refractivity contribution in [3.8, 4) is 16.9 Å². The van der Waals surface area contributed by atoms with Crippen molar-refractivity contribution in [3.63, 3.8) is 0 Å². The second-order valence-corrected chi connectivity index (χ2v) is 6.31. The first-order chi connectivity index (χ1) is 11.5. The van der Waals surface area contributed by atoms with Gasteiger partial charge in [-0.25, -0.2) is 4.79 Å². The molecule has 1 heterocycles. The van der Waals surface area contributed by atoms with Crippen molar-refractivity contribution in [2.24, 2.45) is 0 Å². The molecule has 3 rings (SSSR count). The van der Waals surface area contributed by atoms with Crippen LogP contribution in [-0.4, -0.2) is 40.3 Å². The molecular formula is C19H22N2O3. The van der Waals surface area contributed by atoms with E-state index in [1.165, 1.54) is 10.5 Å². The van der Waals surface area contributed by atoms with Gasteiger partial charge in [0.1, 0.15) is 12.4 Å². The van der Waals surface area contributed by atoms with E-state index in [4.69, 9.17) is 9.84 Å². The lowest BCUT2D eigenvalue weighted by Gasteiger charge is -2.25. The third kappa shape index (κ3) is 3.35. The molecule has 1 aliphatic carbocycles. The van der Waals surface area contributed by atoms with Crippen molar-refractivity contribution in [3.05, 3.63) is 48.3 Å². The number of carboxylic acid groups (broad SMARTS) is 1. The molecule has 1 aromatic heterocycles. The molecule has 1 amide bonds. The fraction of sp³-hybridized carbons (Fsp3) is 0.368. The van der Waals surface area contributed by atoms with Gasteiger partial charge in [-0.1, -0.05) is 31.2 Å². The smallest absolute Gasteiger partial charge is 0.407 e. The number of benzene rings is 1. The van der Waals surface area contributed by atoms with E-state index in [1.807, 2.05) is 12.3 Å². The highest BCUT2D eigenvalue weighted by Crippen LogP contribution is 2.41. The Bertz CT molecular complexity index is 724. The van der Waals surface area contributed by atoms with Crippen LogP contribution in [-0.2, 0) is 6.42 Å². The van der Waals surface area contributed by atoms with Gasteiger partial charge in [0, 0.05) is 18.8 Å². The quantitative estimate of drug-likeness (QED) is 0.876. The van der Waals surface area contributed by atoms with Crippen LogP contribution < -0.4 is 4.74 Å². The zero-order chi connectivity index (χ0) is 17.2. The largest absolute Gasteiger partial charge is 0.490 e. The van der Waals surface area contributed by atoms with Gasteiger partial charge in [0.25, 0.3) is 0 Å². The molecule has 126 valence electrons. The zero-order valence-electron chi connectivity index (χ0n) is 14.0. The van der Waals surface area contributed by atoms with Crippen LogP contribution in [0.2, 0.25) is 0 Å². The van der Waals surface area contributed by atoms with E-state index in [1.54, 1.807) is 13.2 Å². The van der Waals surface area contributed by atoms with Crippen molar-refractivity contribution in [1.82, 2.24) is 9.88 Å². The summed E-state index contributed by atoms with van der Waals surface area (Å²) in [6, 6.07) is 10.3. The predicted molar refractivity (Wildman–Crippen MR) is 92.3 cm³/mol. The summed E-state index contributed by atoms with van der Waals surface area (Å²) in [6.07, 6.45) is 5.24. The maximum absolute atomic E-state index is 11.1. The van der Waals surface area contributed by atoms with Gasteiger partial charge in [0.15, 0.2) is 0 Å². The van der Waals surface area contributed by atoms with E-state index in [0.29, 0.717) is 12.4 Å². The van der Waals surface area contributed by atoms with Gasteiger partial charge >= 0.3 is 6.09 Å². The van der Waals surface area contributed by atoms with Crippen LogP contribution in [0.5, 0.6) is 5.75 Å². The fourth-order valence-corrected chi connectivity index (χ4v) is 2.73. The summed E-state index contributed by atoms with van der Waals surface area (Å²) in [6.45, 7) is 2.49. The second kappa shape index (κ2) is 6.51. The first-order valence-corrected chi connectivity index (χ1v) is 8.18. The number of hydrogen-bond acceptors (Lipinski definition) is 3. The van der Waals surface area contributed by atoms with Crippen molar-refractivity contribution < 1.29 is 14.6 Å². The summed E-state index contributed by atoms with van der Waals surface area (Å²) in [4.78, 5) is 16.8. The number of amides is 1. The highest BCUT2D eigenvalue weighted by atomic mass is 16.5. The Labute approximate surface area is 141 Å². The minimum atomic E-state index is -0.918. The number of likely N-dealkylation sites (N-methyl/N-ethyl adjacent to an activating group) is 1. The molecule has 1 aromatic carbocycles. The summed E-state index contributed by atoms with van der Waals surface area (Å²) in [7, 11) is 1.60. The van der Waals surface area contributed by atoms with Crippen molar-refractivity contribution in [2.45, 2.75) is 31.7 Å². The topological polar surface area (TPSA) is 62.7 Å². The molecule has 1 saturated carbocycles. The number of hydrogen-bond donors (Lipinski definition) is 1. The molecule has 0 saturated heterocycles. The van der Waals surface area contributed by atoms with Crippen LogP contribution in [0.25, 0.3) is 11.1 Å². The van der Waals surface area contributed by atoms with E-state index < -0.39 is 6.09 Å². The first kappa shape index (κ1) is 16.3. The third-order valence-corrected chi connectivity index (χ3v) is 4.74. The number of pyridine rings is 1. The molecule has 0 unspecified atom stereocenters. The molecule has 1 aliphatic rings. The van der Waals surface area contributed by atoms with Gasteiger partial charge in [-0.05, 0) is 36.5 Å². The van der Waals surface area contributed by atoms with Crippen LogP contribution in [0.1, 0.15) is 25.3 Å². The SMILES string of the molecule is CCc1ccc(-c2cncc(OCC3(N(C)C(=O)O)CC3)c2)cc1. The molecule has 0 bridgehead atoms. The van der Waals surface area contributed by atoms with Crippen LogP contribution in [0.4, 0.5) is 4.79 Å². The van der Waals surface area contributed by atoms with E-state index in [0.717, 1.165) is 30.4 Å². The van der Waals surface area contributed by atoms with Crippen LogP contribution in [0.15, 0.2) is 42.7 Å². The molecule has 0 spiro atoms. The van der Waals surface area contributed by atoms with E-state index in [9.17, 15) is 4.79 Å². The molecule has 24 heavy (non-hydrogen) atoms. The number of aromatic nitrogens is 1. The van der Waals surface area contributed by atoms with Crippen LogP contribution >= 0.6 is 0 Å². The van der Waals surface area contributed by atoms with Crippen molar-refractivity contribution in [1.29, 1.82) is 0 Å². The fourth-order valence-electron chi connectivity index (χ4n) is 2.73. The molecule has 5 nitrogen and oxygen atoms in total. The average Bonchev–Trinajstić information content (AvgIpc) is 3.41. The van der Waals surface area contributed by atoms with E-state index in [2.05, 4.69) is 36.2 Å². The number of ether oxygens (including phenoxy) is 1. The van der Waals surface area contributed by atoms with Gasteiger partial charge in [-0.2, -0.15) is 0 Å². The maximum Gasteiger partial charge on any atom is 0.407 e. The molecule has 1 fully saturated rings. The number of nitrogens with zero attached hydrogens (tertiary/aromatic N) is 2. The number of aryl methyl sites for hydroxylation is 1. The molecule has 0 atom stereocenters. The predicted octanol–water partition coefficient (Wildman–Crippen LogP) is 3.83. The van der Waals surface area contributed by atoms with Crippen LogP contribution in [0, 0.1) is 0 Å². The van der Waals surface area contributed by atoms with Gasteiger partial charge in [0.2, 0.25) is 0 Å². The molecular weight excluding hydrogens is 304 g/mol. The Kier molecular flexibility index (Phi) is 4.42. The van der Waals surface area contributed by atoms with Gasteiger partial charge in [0.05, 0.1) is 11.7 Å². The van der Waals surface area contributed by atoms with Crippen molar-refractivity contribution >= 4 is 6.09 Å². The van der Waals surface area contributed by atoms with Gasteiger partial charge in [-0.3, -0.25) is 4.98 Å². The highest BCUT2D eigenvalue weighted by Gasteiger charge is 2.49. The summed E-state index contributed by atoms with van der Waals surface area (Å²) >= 11 is 0. The monoisotopic (exact) mass is 326 g/mol. The minimum Gasteiger partial charge on any atom is -0.490 e. The van der Waals surface area contributed by atoms with Crippen molar-refractivity contribution in [2.75, 3.05) is 13.7 Å². The summed E-state index contributed by atoms with van der Waals surface area (Å²) in [5, 5.41) is 9.15. The minimum absolute atomic E-state index is 0.357. The standard InChI is InChI=1S/C19H22N2O3/c1-3-14-4-6-15(7-5-14)16-10-17(12-20-11-16)24-13-19(8-9-19)21(2)18(22)23/h4-7,10-12H,3,8-9,13H2,1-2H3,(H,22,23). The Morgan fingerprint density at radius 1 is 1.25 bits per heavy atom. The first-order valence-electron chi connectivity index (χ1n) is 8.18. The Morgan fingerprint density at radius 3 is 2.54 bits per heavy atom. The second-order valence-electron chi connectivity index (χ2n) is 6.31. The Balaban J connectivity index is 1.70. The number of carbonyl (C=O) groups is 1. The lowest BCUT2D eigenvalue weighted by atomic mass is 10.0.